The highest BCUT2D eigenvalue weighted by Gasteiger charge is 2.55. The van der Waals surface area contributed by atoms with Crippen LogP contribution in [0.1, 0.15) is 39.2 Å². The van der Waals surface area contributed by atoms with Crippen molar-refractivity contribution >= 4 is 21.2 Å². The summed E-state index contributed by atoms with van der Waals surface area (Å²) in [6, 6.07) is 9.53. The van der Waals surface area contributed by atoms with E-state index in [9.17, 15) is 9.36 Å². The van der Waals surface area contributed by atoms with Crippen LogP contribution >= 0.6 is 7.37 Å². The first-order valence-corrected chi connectivity index (χ1v) is 12.2. The molecule has 8 heteroatoms. The number of esters is 1. The fourth-order valence-corrected chi connectivity index (χ4v) is 5.26. The molecule has 0 bridgehead atoms. The van der Waals surface area contributed by atoms with Crippen molar-refractivity contribution in [2.24, 2.45) is 0 Å². The number of carbonyl (C=O) groups excluding carboxylic acids is 1. The van der Waals surface area contributed by atoms with E-state index in [0.717, 1.165) is 5.56 Å². The maximum Gasteiger partial charge on any atom is 0.303 e. The summed E-state index contributed by atoms with van der Waals surface area (Å²) in [5.74, 6) is -0.365. The first kappa shape index (κ1) is 23.1. The summed E-state index contributed by atoms with van der Waals surface area (Å²) < 4.78 is 36.2. The molecule has 28 heavy (non-hydrogen) atoms. The molecule has 0 spiro atoms. The van der Waals surface area contributed by atoms with Crippen LogP contribution in [0.15, 0.2) is 30.3 Å². The van der Waals surface area contributed by atoms with Gasteiger partial charge in [0.15, 0.2) is 7.37 Å². The lowest BCUT2D eigenvalue weighted by Crippen LogP contribution is -2.46. The van der Waals surface area contributed by atoms with Gasteiger partial charge in [-0.15, -0.1) is 0 Å². The Morgan fingerprint density at radius 1 is 1.29 bits per heavy atom. The van der Waals surface area contributed by atoms with Crippen LogP contribution in [0.25, 0.3) is 0 Å². The van der Waals surface area contributed by atoms with E-state index in [-0.39, 0.29) is 12.0 Å². The minimum Gasteiger partial charge on any atom is -0.458 e. The first-order valence-electron chi connectivity index (χ1n) is 9.94. The van der Waals surface area contributed by atoms with Gasteiger partial charge < -0.3 is 18.7 Å². The molecule has 0 radical (unpaired) electrons. The molecule has 1 aliphatic rings. The summed E-state index contributed by atoms with van der Waals surface area (Å²) in [5, 5.41) is 0. The molecule has 2 unspecified atom stereocenters. The second-order valence-electron chi connectivity index (χ2n) is 7.44. The molecule has 1 saturated heterocycles. The van der Waals surface area contributed by atoms with Crippen LogP contribution in [-0.4, -0.2) is 57.1 Å². The maximum absolute atomic E-state index is 12.7. The Morgan fingerprint density at radius 2 is 1.96 bits per heavy atom. The van der Waals surface area contributed by atoms with E-state index in [1.54, 1.807) is 6.66 Å². The second kappa shape index (κ2) is 10.1. The van der Waals surface area contributed by atoms with Gasteiger partial charge in [-0.2, -0.15) is 0 Å². The summed E-state index contributed by atoms with van der Waals surface area (Å²) in [7, 11) is -0.828. The molecule has 0 saturated carbocycles. The summed E-state index contributed by atoms with van der Waals surface area (Å²) >= 11 is 0. The van der Waals surface area contributed by atoms with E-state index in [1.165, 1.54) is 6.92 Å². The molecular weight excluding hydrogens is 378 g/mol. The normalized spacial score (nSPS) is 29.4. The Morgan fingerprint density at radius 3 is 2.54 bits per heavy atom. The zero-order chi connectivity index (χ0) is 20.8. The molecule has 1 aromatic carbocycles. The molecule has 0 N–H and O–H groups in total. The van der Waals surface area contributed by atoms with E-state index in [1.807, 2.05) is 52.0 Å². The average Bonchev–Trinajstić information content (AvgIpc) is 2.90. The zero-order valence-electron chi connectivity index (χ0n) is 17.6. The third-order valence-electron chi connectivity index (χ3n) is 5.22. The van der Waals surface area contributed by atoms with Crippen LogP contribution in [0.3, 0.4) is 0 Å². The third kappa shape index (κ3) is 5.93. The summed E-state index contributed by atoms with van der Waals surface area (Å²) in [6.07, 6.45) is 0.599. The third-order valence-corrected chi connectivity index (χ3v) is 7.06. The minimum atomic E-state index is -2.71. The van der Waals surface area contributed by atoms with Crippen LogP contribution in [0, 0.1) is 0 Å². The van der Waals surface area contributed by atoms with Crippen molar-refractivity contribution < 1.29 is 28.1 Å². The summed E-state index contributed by atoms with van der Waals surface area (Å²) in [5.41, 5.74) is 0.348. The van der Waals surface area contributed by atoms with Gasteiger partial charge in [-0.1, -0.05) is 37.3 Å². The first-order chi connectivity index (χ1) is 13.2. The van der Waals surface area contributed by atoms with E-state index in [2.05, 4.69) is 0 Å². The lowest BCUT2D eigenvalue weighted by atomic mass is 9.86. The molecule has 1 fully saturated rings. The molecule has 2 rings (SSSR count). The Kier molecular flexibility index (Phi) is 8.32. The largest absolute Gasteiger partial charge is 0.458 e. The number of ether oxygens (including phenoxy) is 3. The fourth-order valence-electron chi connectivity index (χ4n) is 3.80. The van der Waals surface area contributed by atoms with Crippen molar-refractivity contribution in [2.75, 3.05) is 19.4 Å². The fraction of sp³-hybridized carbons (Fsp3) is 0.650. The number of hydrogen-bond donors (Lipinski definition) is 0. The number of carbonyl (C=O) groups is 1. The van der Waals surface area contributed by atoms with E-state index in [0.29, 0.717) is 32.2 Å². The number of hydrogen-bond acceptors (Lipinski definition) is 6. The predicted molar refractivity (Wildman–Crippen MR) is 112 cm³/mol. The number of rotatable bonds is 10. The molecule has 0 aromatic heterocycles. The van der Waals surface area contributed by atoms with Crippen molar-refractivity contribution in [1.29, 1.82) is 0 Å². The van der Waals surface area contributed by atoms with Crippen molar-refractivity contribution in [3.05, 3.63) is 35.9 Å². The predicted octanol–water partition coefficient (Wildman–Crippen LogP) is 2.98. The van der Waals surface area contributed by atoms with Crippen LogP contribution in [-0.2, 0) is 34.7 Å². The van der Waals surface area contributed by atoms with Gasteiger partial charge in [0, 0.05) is 19.8 Å². The second-order valence-corrected chi connectivity index (χ2v) is 10.2. The van der Waals surface area contributed by atoms with Crippen molar-refractivity contribution in [3.8, 4) is 0 Å². The Balaban J connectivity index is 2.23. The van der Waals surface area contributed by atoms with Gasteiger partial charge in [-0.3, -0.25) is 9.36 Å². The number of benzene rings is 1. The van der Waals surface area contributed by atoms with Gasteiger partial charge in [0.2, 0.25) is 0 Å². The van der Waals surface area contributed by atoms with E-state index >= 15 is 0 Å². The van der Waals surface area contributed by atoms with Crippen molar-refractivity contribution in [2.45, 2.75) is 64.0 Å². The smallest absolute Gasteiger partial charge is 0.303 e. The molecule has 0 aliphatic carbocycles. The van der Waals surface area contributed by atoms with Gasteiger partial charge in [-0.05, 0) is 25.3 Å². The highest BCUT2D eigenvalue weighted by Crippen LogP contribution is 2.48. The lowest BCUT2D eigenvalue weighted by Gasteiger charge is -2.35. The van der Waals surface area contributed by atoms with Gasteiger partial charge in [-0.25, -0.2) is 0 Å². The topological polar surface area (TPSA) is 71.1 Å². The molecule has 6 nitrogen and oxygen atoms in total. The Bertz CT molecular complexity index is 685. The Labute approximate surface area is 169 Å². The van der Waals surface area contributed by atoms with Crippen LogP contribution < -0.4 is 0 Å². The molecular formula is C20H32BO6P. The highest BCUT2D eigenvalue weighted by molar-refractivity contribution is 7.58. The minimum absolute atomic E-state index is 0.312. The zero-order valence-corrected chi connectivity index (χ0v) is 18.4. The molecule has 156 valence electrons. The Hall–Kier alpha value is -1.14. The SMILES string of the molecule is B[C@@H]1O[C@](CC)(CCP(C)(=O)OCC)[C@H](OCc2ccccc2)C1OC(C)=O. The van der Waals surface area contributed by atoms with Crippen LogP contribution in [0.2, 0.25) is 0 Å². The van der Waals surface area contributed by atoms with Gasteiger partial charge in [0.1, 0.15) is 20.1 Å². The molecule has 1 aliphatic heterocycles. The summed E-state index contributed by atoms with van der Waals surface area (Å²) in [4.78, 5) is 11.7. The van der Waals surface area contributed by atoms with Crippen LogP contribution in [0.4, 0.5) is 0 Å². The lowest BCUT2D eigenvalue weighted by molar-refractivity contribution is -0.156. The van der Waals surface area contributed by atoms with E-state index in [4.69, 9.17) is 18.7 Å². The van der Waals surface area contributed by atoms with Gasteiger partial charge in [0.25, 0.3) is 0 Å². The van der Waals surface area contributed by atoms with E-state index < -0.39 is 25.2 Å². The van der Waals surface area contributed by atoms with Gasteiger partial charge >= 0.3 is 5.97 Å². The van der Waals surface area contributed by atoms with Crippen molar-refractivity contribution in [1.82, 2.24) is 0 Å². The molecule has 5 atom stereocenters. The highest BCUT2D eigenvalue weighted by atomic mass is 31.2. The quantitative estimate of drug-likeness (QED) is 0.336. The molecule has 1 heterocycles. The average molecular weight is 410 g/mol. The van der Waals surface area contributed by atoms with Crippen molar-refractivity contribution in [3.63, 3.8) is 0 Å². The summed E-state index contributed by atoms with van der Waals surface area (Å²) in [6.45, 7) is 7.69. The maximum atomic E-state index is 12.7. The van der Waals surface area contributed by atoms with Crippen LogP contribution in [0.5, 0.6) is 0 Å². The molecule has 0 amide bonds. The van der Waals surface area contributed by atoms with Gasteiger partial charge in [0.05, 0.1) is 24.8 Å². The monoisotopic (exact) mass is 410 g/mol. The molecule has 1 aromatic rings. The standard InChI is InChI=1S/C20H32BO6P/c1-5-20(12-13-28(4,23)25-6-2)18(17(19(21)27-20)26-15(3)22)24-14-16-10-8-7-9-11-16/h7-11,17-19H,5-6,12-14,21H2,1-4H3/t17?,18-,19-,20-,28?/m1/s1.